The van der Waals surface area contributed by atoms with E-state index >= 15 is 0 Å². The summed E-state index contributed by atoms with van der Waals surface area (Å²) in [6, 6.07) is 0.973. The summed E-state index contributed by atoms with van der Waals surface area (Å²) in [5.74, 6) is -0.00470. The Morgan fingerprint density at radius 1 is 1.56 bits per heavy atom. The maximum absolute atomic E-state index is 12.4. The van der Waals surface area contributed by atoms with Crippen molar-refractivity contribution in [2.24, 2.45) is 5.14 Å². The van der Waals surface area contributed by atoms with Gasteiger partial charge >= 0.3 is 0 Å². The van der Waals surface area contributed by atoms with Gasteiger partial charge in [0.2, 0.25) is 0 Å². The van der Waals surface area contributed by atoms with Crippen molar-refractivity contribution in [2.75, 3.05) is 7.11 Å². The Balaban J connectivity index is 3.55. The molecule has 90 valence electrons. The smallest absolute Gasteiger partial charge is 0.280 e. The summed E-state index contributed by atoms with van der Waals surface area (Å²) < 4.78 is 51.9. The van der Waals surface area contributed by atoms with Gasteiger partial charge in [-0.05, 0) is 22.6 Å². The number of halogens is 3. The van der Waals surface area contributed by atoms with Crippen LogP contribution in [0, 0.1) is 3.57 Å². The third kappa shape index (κ3) is 2.77. The van der Waals surface area contributed by atoms with Crippen LogP contribution >= 0.6 is 22.6 Å². The molecule has 0 saturated carbocycles. The Morgan fingerprint density at radius 2 is 2.12 bits per heavy atom. The van der Waals surface area contributed by atoms with Crippen molar-refractivity contribution in [1.82, 2.24) is 4.98 Å². The molecule has 9 heteroatoms. The summed E-state index contributed by atoms with van der Waals surface area (Å²) in [5, 5.41) is 4.25. The van der Waals surface area contributed by atoms with Crippen molar-refractivity contribution in [3.63, 3.8) is 0 Å². The number of rotatable bonds is 3. The van der Waals surface area contributed by atoms with Crippen molar-refractivity contribution >= 4 is 32.6 Å². The summed E-state index contributed by atoms with van der Waals surface area (Å²) in [7, 11) is -2.92. The van der Waals surface area contributed by atoms with E-state index in [4.69, 9.17) is 9.88 Å². The Morgan fingerprint density at radius 3 is 2.50 bits per heavy atom. The van der Waals surface area contributed by atoms with Gasteiger partial charge in [-0.3, -0.25) is 0 Å². The third-order valence-electron chi connectivity index (χ3n) is 1.63. The Bertz CT molecular complexity index is 507. The highest BCUT2D eigenvalue weighted by Crippen LogP contribution is 2.30. The van der Waals surface area contributed by atoms with Gasteiger partial charge in [0.25, 0.3) is 16.4 Å². The lowest BCUT2D eigenvalue weighted by Gasteiger charge is -2.09. The van der Waals surface area contributed by atoms with Crippen LogP contribution in [0.2, 0.25) is 0 Å². The van der Waals surface area contributed by atoms with Crippen molar-refractivity contribution in [2.45, 2.75) is 11.5 Å². The molecule has 1 aromatic heterocycles. The molecule has 0 spiro atoms. The molecule has 2 N–H and O–H groups in total. The van der Waals surface area contributed by atoms with E-state index in [0.717, 1.165) is 6.07 Å². The van der Waals surface area contributed by atoms with Gasteiger partial charge < -0.3 is 4.74 Å². The largest absolute Gasteiger partial charge is 0.495 e. The zero-order chi connectivity index (χ0) is 12.5. The Labute approximate surface area is 104 Å². The Hall–Kier alpha value is -0.550. The highest BCUT2D eigenvalue weighted by atomic mass is 127. The summed E-state index contributed by atoms with van der Waals surface area (Å²) in [6.07, 6.45) is -2.90. The van der Waals surface area contributed by atoms with Crippen LogP contribution in [-0.2, 0) is 10.0 Å². The van der Waals surface area contributed by atoms with Gasteiger partial charge in [-0.1, -0.05) is 0 Å². The van der Waals surface area contributed by atoms with Gasteiger partial charge in [-0.2, -0.15) is 0 Å². The molecule has 0 unspecified atom stereocenters. The number of methoxy groups -OCH3 is 1. The molecule has 0 atom stereocenters. The first-order chi connectivity index (χ1) is 7.27. The van der Waals surface area contributed by atoms with E-state index in [0.29, 0.717) is 0 Å². The molecule has 16 heavy (non-hydrogen) atoms. The average Bonchev–Trinajstić information content (AvgIpc) is 2.15. The van der Waals surface area contributed by atoms with Gasteiger partial charge in [0.1, 0.15) is 11.4 Å². The first-order valence-electron chi connectivity index (χ1n) is 3.82. The standard InChI is InChI=1S/C7H7F2IN2O3S/c1-15-4-2-3(6(8)9)12-7(5(4)10)16(11,13)14/h2,6H,1H3,(H2,11,13,14). The molecule has 0 fully saturated rings. The van der Waals surface area contributed by atoms with E-state index in [-0.39, 0.29) is 9.32 Å². The van der Waals surface area contributed by atoms with Crippen molar-refractivity contribution in [3.8, 4) is 5.75 Å². The number of aromatic nitrogens is 1. The normalized spacial score (nSPS) is 11.9. The van der Waals surface area contributed by atoms with E-state index in [1.54, 1.807) is 22.6 Å². The summed E-state index contributed by atoms with van der Waals surface area (Å²) in [4.78, 5) is 3.30. The second-order valence-electron chi connectivity index (χ2n) is 2.71. The zero-order valence-corrected chi connectivity index (χ0v) is 10.9. The van der Waals surface area contributed by atoms with Crippen LogP contribution in [0.3, 0.4) is 0 Å². The van der Waals surface area contributed by atoms with Crippen LogP contribution in [0.1, 0.15) is 12.1 Å². The molecule has 0 aliphatic heterocycles. The fourth-order valence-electron chi connectivity index (χ4n) is 0.951. The van der Waals surface area contributed by atoms with Gasteiger partial charge in [0, 0.05) is 6.07 Å². The Kier molecular flexibility index (Phi) is 4.02. The molecule has 0 aliphatic carbocycles. The van der Waals surface area contributed by atoms with Crippen LogP contribution < -0.4 is 9.88 Å². The number of ether oxygens (including phenoxy) is 1. The SMILES string of the molecule is COc1cc(C(F)F)nc(S(N)(=O)=O)c1I. The minimum atomic E-state index is -4.15. The second-order valence-corrected chi connectivity index (χ2v) is 5.27. The maximum Gasteiger partial charge on any atom is 0.280 e. The van der Waals surface area contributed by atoms with Crippen molar-refractivity contribution in [3.05, 3.63) is 15.3 Å². The van der Waals surface area contributed by atoms with E-state index in [1.807, 2.05) is 0 Å². The zero-order valence-electron chi connectivity index (χ0n) is 7.95. The number of pyridine rings is 1. The van der Waals surface area contributed by atoms with Gasteiger partial charge in [-0.25, -0.2) is 27.3 Å². The topological polar surface area (TPSA) is 82.3 Å². The molecule has 0 radical (unpaired) electrons. The van der Waals surface area contributed by atoms with E-state index in [1.165, 1.54) is 7.11 Å². The summed E-state index contributed by atoms with van der Waals surface area (Å²) >= 11 is 1.61. The highest BCUT2D eigenvalue weighted by Gasteiger charge is 2.22. The van der Waals surface area contributed by atoms with Crippen LogP contribution in [0.25, 0.3) is 0 Å². The molecular weight excluding hydrogens is 357 g/mol. The van der Waals surface area contributed by atoms with Gasteiger partial charge in [0.05, 0.1) is 10.7 Å². The monoisotopic (exact) mass is 364 g/mol. The number of nitrogens with two attached hydrogens (primary N) is 1. The molecular formula is C7H7F2IN2O3S. The lowest BCUT2D eigenvalue weighted by molar-refractivity contribution is 0.144. The molecule has 1 heterocycles. The predicted octanol–water partition coefficient (Wildman–Crippen LogP) is 1.28. The lowest BCUT2D eigenvalue weighted by atomic mass is 10.3. The van der Waals surface area contributed by atoms with E-state index in [9.17, 15) is 17.2 Å². The molecule has 0 bridgehead atoms. The van der Waals surface area contributed by atoms with Crippen LogP contribution in [0.5, 0.6) is 5.75 Å². The number of hydrogen-bond donors (Lipinski definition) is 1. The number of alkyl halides is 2. The van der Waals surface area contributed by atoms with Crippen LogP contribution in [-0.4, -0.2) is 20.5 Å². The van der Waals surface area contributed by atoms with Crippen LogP contribution in [0.4, 0.5) is 8.78 Å². The molecule has 1 rings (SSSR count). The van der Waals surface area contributed by atoms with Crippen molar-refractivity contribution in [1.29, 1.82) is 0 Å². The fourth-order valence-corrected chi connectivity index (χ4v) is 2.95. The maximum atomic E-state index is 12.4. The summed E-state index contributed by atoms with van der Waals surface area (Å²) in [5.41, 5.74) is -0.693. The summed E-state index contributed by atoms with van der Waals surface area (Å²) in [6.45, 7) is 0. The number of sulfonamides is 1. The van der Waals surface area contributed by atoms with Crippen molar-refractivity contribution < 1.29 is 21.9 Å². The number of hydrogen-bond acceptors (Lipinski definition) is 4. The molecule has 1 aromatic rings. The molecule has 0 aliphatic rings. The van der Waals surface area contributed by atoms with E-state index in [2.05, 4.69) is 4.98 Å². The first kappa shape index (κ1) is 13.5. The minimum Gasteiger partial charge on any atom is -0.495 e. The van der Waals surface area contributed by atoms with Crippen LogP contribution in [0.15, 0.2) is 11.1 Å². The quantitative estimate of drug-likeness (QED) is 0.820. The average molecular weight is 364 g/mol. The minimum absolute atomic E-state index is 0.00470. The van der Waals surface area contributed by atoms with Gasteiger partial charge in [0.15, 0.2) is 5.03 Å². The predicted molar refractivity (Wildman–Crippen MR) is 59.8 cm³/mol. The lowest BCUT2D eigenvalue weighted by Crippen LogP contribution is -2.17. The first-order valence-corrected chi connectivity index (χ1v) is 6.45. The highest BCUT2D eigenvalue weighted by molar-refractivity contribution is 14.1. The second kappa shape index (κ2) is 4.75. The number of nitrogens with zero attached hydrogens (tertiary/aromatic N) is 1. The molecule has 5 nitrogen and oxygen atoms in total. The van der Waals surface area contributed by atoms with E-state index < -0.39 is 27.2 Å². The molecule has 0 amide bonds. The molecule has 0 saturated heterocycles. The molecule has 0 aromatic carbocycles. The van der Waals surface area contributed by atoms with Gasteiger partial charge in [-0.15, -0.1) is 0 Å². The third-order valence-corrected chi connectivity index (χ3v) is 3.87. The fraction of sp³-hybridized carbons (Fsp3) is 0.286. The number of primary sulfonamides is 1.